The van der Waals surface area contributed by atoms with Gasteiger partial charge >= 0.3 is 0 Å². The van der Waals surface area contributed by atoms with Crippen LogP contribution >= 0.6 is 11.8 Å². The van der Waals surface area contributed by atoms with Crippen LogP contribution in [0.2, 0.25) is 0 Å². The SMILES string of the molecule is COCC(O)CN1CCC(Nc2cccc3c2CC(C#CCNc2ccc(SC)cc2OC)N3CC(C)(F)F)CC1. The molecule has 41 heavy (non-hydrogen) atoms. The predicted molar refractivity (Wildman–Crippen MR) is 164 cm³/mol. The quantitative estimate of drug-likeness (QED) is 0.241. The number of fused-ring (bicyclic) bond motifs is 1. The van der Waals surface area contributed by atoms with Gasteiger partial charge in [-0.05, 0) is 49.4 Å². The van der Waals surface area contributed by atoms with Gasteiger partial charge in [0.15, 0.2) is 0 Å². The number of nitrogens with zero attached hydrogens (tertiary/aromatic N) is 2. The van der Waals surface area contributed by atoms with E-state index in [4.69, 9.17) is 9.47 Å². The number of hydrogen-bond acceptors (Lipinski definition) is 8. The number of methoxy groups -OCH3 is 2. The maximum absolute atomic E-state index is 14.3. The van der Waals surface area contributed by atoms with Crippen molar-refractivity contribution in [1.82, 2.24) is 4.90 Å². The van der Waals surface area contributed by atoms with E-state index in [-0.39, 0.29) is 18.6 Å². The van der Waals surface area contributed by atoms with Gasteiger partial charge in [-0.15, -0.1) is 11.8 Å². The number of hydrogen-bond donors (Lipinski definition) is 3. The van der Waals surface area contributed by atoms with Gasteiger partial charge in [0.1, 0.15) is 5.75 Å². The van der Waals surface area contributed by atoms with Crippen LogP contribution in [0.5, 0.6) is 5.75 Å². The van der Waals surface area contributed by atoms with E-state index in [0.29, 0.717) is 26.1 Å². The molecule has 0 aliphatic carbocycles. The Hall–Kier alpha value is -2.71. The highest BCUT2D eigenvalue weighted by atomic mass is 32.2. The highest BCUT2D eigenvalue weighted by Gasteiger charge is 2.36. The molecule has 1 fully saturated rings. The molecule has 224 valence electrons. The van der Waals surface area contributed by atoms with Crippen LogP contribution in [-0.2, 0) is 11.2 Å². The third-order valence-corrected chi connectivity index (χ3v) is 8.23. The number of aliphatic hydroxyl groups excluding tert-OH is 1. The van der Waals surface area contributed by atoms with Crippen LogP contribution in [0.25, 0.3) is 0 Å². The van der Waals surface area contributed by atoms with Gasteiger partial charge in [-0.1, -0.05) is 17.9 Å². The summed E-state index contributed by atoms with van der Waals surface area (Å²) in [5, 5.41) is 17.0. The van der Waals surface area contributed by atoms with Crippen molar-refractivity contribution in [3.8, 4) is 17.6 Å². The summed E-state index contributed by atoms with van der Waals surface area (Å²) in [6, 6.07) is 11.8. The van der Waals surface area contributed by atoms with Crippen molar-refractivity contribution in [2.45, 2.75) is 55.2 Å². The molecule has 0 aromatic heterocycles. The second kappa shape index (κ2) is 14.5. The van der Waals surface area contributed by atoms with Crippen LogP contribution in [0.4, 0.5) is 25.8 Å². The molecule has 0 amide bonds. The lowest BCUT2D eigenvalue weighted by Crippen LogP contribution is -2.43. The molecule has 2 aromatic carbocycles. The zero-order valence-corrected chi connectivity index (χ0v) is 25.2. The minimum absolute atomic E-state index is 0.278. The van der Waals surface area contributed by atoms with Crippen LogP contribution < -0.4 is 20.3 Å². The molecule has 7 nitrogen and oxygen atoms in total. The average molecular weight is 589 g/mol. The number of β-amino-alcohol motifs (C(OH)–C–C–N with tert-alkyl or cyclic N) is 1. The van der Waals surface area contributed by atoms with E-state index in [0.717, 1.165) is 66.1 Å². The molecule has 2 aromatic rings. The van der Waals surface area contributed by atoms with E-state index in [1.165, 1.54) is 0 Å². The maximum Gasteiger partial charge on any atom is 0.262 e. The van der Waals surface area contributed by atoms with Crippen molar-refractivity contribution in [1.29, 1.82) is 0 Å². The third-order valence-electron chi connectivity index (χ3n) is 7.50. The number of likely N-dealkylation sites (tertiary alicyclic amines) is 1. The van der Waals surface area contributed by atoms with Crippen LogP contribution in [0.15, 0.2) is 41.3 Å². The minimum Gasteiger partial charge on any atom is -0.495 e. The summed E-state index contributed by atoms with van der Waals surface area (Å²) in [5.74, 6) is 4.33. The van der Waals surface area contributed by atoms with Crippen molar-refractivity contribution in [3.05, 3.63) is 42.0 Å². The van der Waals surface area contributed by atoms with E-state index in [9.17, 15) is 13.9 Å². The zero-order valence-electron chi connectivity index (χ0n) is 24.4. The summed E-state index contributed by atoms with van der Waals surface area (Å²) in [7, 11) is 3.23. The normalized spacial score (nSPS) is 18.4. The Labute approximate surface area is 247 Å². The second-order valence-corrected chi connectivity index (χ2v) is 11.7. The summed E-state index contributed by atoms with van der Waals surface area (Å²) in [6.07, 6.45) is 3.99. The molecule has 4 rings (SSSR count). The molecule has 0 spiro atoms. The summed E-state index contributed by atoms with van der Waals surface area (Å²) >= 11 is 1.64. The molecule has 2 aliphatic heterocycles. The second-order valence-electron chi connectivity index (χ2n) is 10.8. The lowest BCUT2D eigenvalue weighted by molar-refractivity contribution is 0.0294. The molecule has 2 unspecified atom stereocenters. The Kier molecular flexibility index (Phi) is 11.0. The number of alkyl halides is 2. The first-order chi connectivity index (χ1) is 19.7. The van der Waals surface area contributed by atoms with E-state index >= 15 is 0 Å². The number of piperidine rings is 1. The first-order valence-electron chi connectivity index (χ1n) is 14.1. The molecular weight excluding hydrogens is 546 g/mol. The summed E-state index contributed by atoms with van der Waals surface area (Å²) < 4.78 is 39.1. The number of nitrogens with one attached hydrogen (secondary N) is 2. The Morgan fingerprint density at radius 2 is 1.95 bits per heavy atom. The van der Waals surface area contributed by atoms with E-state index in [1.54, 1.807) is 30.9 Å². The number of anilines is 3. The summed E-state index contributed by atoms with van der Waals surface area (Å²) in [5.41, 5.74) is 3.69. The van der Waals surface area contributed by atoms with Gasteiger partial charge in [-0.3, -0.25) is 0 Å². The first kappa shape index (κ1) is 31.2. The Morgan fingerprint density at radius 1 is 1.17 bits per heavy atom. The van der Waals surface area contributed by atoms with Gasteiger partial charge in [0.05, 0.1) is 44.6 Å². The molecule has 1 saturated heterocycles. The van der Waals surface area contributed by atoms with Gasteiger partial charge in [-0.2, -0.15) is 0 Å². The van der Waals surface area contributed by atoms with E-state index < -0.39 is 12.0 Å². The average Bonchev–Trinajstić information content (AvgIpc) is 3.28. The van der Waals surface area contributed by atoms with Crippen LogP contribution in [-0.4, -0.2) is 93.9 Å². The lowest BCUT2D eigenvalue weighted by Gasteiger charge is -2.34. The fourth-order valence-corrected chi connectivity index (χ4v) is 5.99. The number of aliphatic hydroxyl groups is 1. The number of rotatable bonds is 12. The molecule has 0 saturated carbocycles. The highest BCUT2D eigenvalue weighted by molar-refractivity contribution is 7.98. The summed E-state index contributed by atoms with van der Waals surface area (Å²) in [4.78, 5) is 5.12. The van der Waals surface area contributed by atoms with Gasteiger partial charge in [0.25, 0.3) is 5.92 Å². The van der Waals surface area contributed by atoms with Gasteiger partial charge < -0.3 is 35.0 Å². The van der Waals surface area contributed by atoms with E-state index in [1.807, 2.05) is 42.7 Å². The van der Waals surface area contributed by atoms with Crippen molar-refractivity contribution < 1.29 is 23.4 Å². The molecule has 2 heterocycles. The molecule has 0 radical (unpaired) electrons. The van der Waals surface area contributed by atoms with Gasteiger partial charge in [0, 0.05) is 68.0 Å². The highest BCUT2D eigenvalue weighted by Crippen LogP contribution is 2.39. The van der Waals surface area contributed by atoms with Crippen molar-refractivity contribution in [2.75, 3.05) is 75.3 Å². The molecule has 10 heteroatoms. The molecule has 2 atom stereocenters. The van der Waals surface area contributed by atoms with Crippen molar-refractivity contribution >= 4 is 28.8 Å². The largest absolute Gasteiger partial charge is 0.495 e. The number of halogens is 2. The predicted octanol–water partition coefficient (Wildman–Crippen LogP) is 4.80. The smallest absolute Gasteiger partial charge is 0.262 e. The number of thioether (sulfide) groups is 1. The number of ether oxygens (including phenoxy) is 2. The summed E-state index contributed by atoms with van der Waals surface area (Å²) in [6.45, 7) is 3.65. The van der Waals surface area contributed by atoms with Crippen molar-refractivity contribution in [2.24, 2.45) is 0 Å². The van der Waals surface area contributed by atoms with Gasteiger partial charge in [-0.25, -0.2) is 8.78 Å². The van der Waals surface area contributed by atoms with Crippen LogP contribution in [0, 0.1) is 11.8 Å². The standard InChI is InChI=1S/C31H42F2N4O3S/c1-31(32,33)21-37-23(7-6-14-34-28-11-10-25(41-4)18-30(28)40-3)17-26-27(8-5-9-29(26)37)35-22-12-15-36(16-13-22)19-24(38)20-39-2/h5,8-11,18,22-24,34-35,38H,12-17,19-21H2,1-4H3. The van der Waals surface area contributed by atoms with Gasteiger partial charge in [0.2, 0.25) is 0 Å². The Balaban J connectivity index is 1.42. The Bertz CT molecular complexity index is 1210. The Morgan fingerprint density at radius 3 is 2.63 bits per heavy atom. The van der Waals surface area contributed by atoms with Crippen LogP contribution in [0.1, 0.15) is 25.3 Å². The molecule has 0 bridgehead atoms. The van der Waals surface area contributed by atoms with Crippen molar-refractivity contribution in [3.63, 3.8) is 0 Å². The topological polar surface area (TPSA) is 69.2 Å². The minimum atomic E-state index is -2.85. The maximum atomic E-state index is 14.3. The lowest BCUT2D eigenvalue weighted by atomic mass is 10.0. The van der Waals surface area contributed by atoms with E-state index in [2.05, 4.69) is 27.4 Å². The fraction of sp³-hybridized carbons (Fsp3) is 0.548. The number of benzene rings is 2. The molecule has 2 aliphatic rings. The fourth-order valence-electron chi connectivity index (χ4n) is 5.56. The van der Waals surface area contributed by atoms with Crippen LogP contribution in [0.3, 0.4) is 0 Å². The molecule has 3 N–H and O–H groups in total. The molecular formula is C31H42F2N4O3S. The zero-order chi connectivity index (χ0) is 29.4. The third kappa shape index (κ3) is 8.65. The first-order valence-corrected chi connectivity index (χ1v) is 15.3. The monoisotopic (exact) mass is 588 g/mol.